The molecule has 10 heteroatoms. The van der Waals surface area contributed by atoms with Crippen molar-refractivity contribution in [3.05, 3.63) is 76.7 Å². The molecule has 1 atom stereocenters. The number of hydrogen-bond donors (Lipinski definition) is 0. The molecule has 8 nitrogen and oxygen atoms in total. The van der Waals surface area contributed by atoms with Gasteiger partial charge in [-0.15, -0.1) is 11.3 Å². The number of carbonyl (C=O) groups is 1. The van der Waals surface area contributed by atoms with Crippen LogP contribution in [0.15, 0.2) is 64.3 Å². The quantitative estimate of drug-likeness (QED) is 0.405. The Balaban J connectivity index is 1.47. The van der Waals surface area contributed by atoms with Gasteiger partial charge in [0.15, 0.2) is 9.84 Å². The Morgan fingerprint density at radius 1 is 1.24 bits per heavy atom. The van der Waals surface area contributed by atoms with E-state index in [1.807, 2.05) is 37.3 Å². The number of rotatable bonds is 6. The zero-order chi connectivity index (χ0) is 23.9. The molecule has 1 amide bonds. The Morgan fingerprint density at radius 3 is 2.71 bits per heavy atom. The lowest BCUT2D eigenvalue weighted by Crippen LogP contribution is -2.43. The lowest BCUT2D eigenvalue weighted by molar-refractivity contribution is -0.134. The van der Waals surface area contributed by atoms with Crippen molar-refractivity contribution in [2.24, 2.45) is 0 Å². The second-order valence-electron chi connectivity index (χ2n) is 8.44. The molecule has 0 spiro atoms. The van der Waals surface area contributed by atoms with Crippen LogP contribution in [0.3, 0.4) is 0 Å². The van der Waals surface area contributed by atoms with Crippen LogP contribution in [0.1, 0.15) is 17.7 Å². The van der Waals surface area contributed by atoms with Gasteiger partial charge in [0.1, 0.15) is 17.1 Å². The maximum atomic E-state index is 13.3. The summed E-state index contributed by atoms with van der Waals surface area (Å²) in [5.41, 5.74) is 1.56. The van der Waals surface area contributed by atoms with Crippen molar-refractivity contribution in [2.45, 2.75) is 32.5 Å². The van der Waals surface area contributed by atoms with Crippen LogP contribution in [0.2, 0.25) is 0 Å². The minimum absolute atomic E-state index is 0.0451. The minimum Gasteiger partial charge on any atom is -0.467 e. The monoisotopic (exact) mass is 497 g/mol. The molecule has 0 unspecified atom stereocenters. The third kappa shape index (κ3) is 4.30. The Labute approximate surface area is 200 Å². The topological polar surface area (TPSA) is 102 Å². The highest BCUT2D eigenvalue weighted by Gasteiger charge is 2.35. The summed E-state index contributed by atoms with van der Waals surface area (Å²) in [6, 6.07) is 12.8. The summed E-state index contributed by atoms with van der Waals surface area (Å²) in [7, 11) is -3.20. The molecule has 1 aliphatic rings. The van der Waals surface area contributed by atoms with Crippen molar-refractivity contribution in [3.63, 3.8) is 0 Å². The van der Waals surface area contributed by atoms with Crippen LogP contribution in [-0.2, 0) is 27.7 Å². The molecular formula is C24H23N3O5S2. The van der Waals surface area contributed by atoms with Gasteiger partial charge in [-0.1, -0.05) is 30.3 Å². The lowest BCUT2D eigenvalue weighted by atomic mass is 10.1. The summed E-state index contributed by atoms with van der Waals surface area (Å²) in [6.07, 6.45) is 3.27. The third-order valence-electron chi connectivity index (χ3n) is 6.13. The summed E-state index contributed by atoms with van der Waals surface area (Å²) in [5, 5.41) is 0.500. The Hall–Kier alpha value is -3.24. The van der Waals surface area contributed by atoms with Crippen LogP contribution in [0.4, 0.5) is 0 Å². The van der Waals surface area contributed by atoms with Gasteiger partial charge in [-0.2, -0.15) is 0 Å². The molecule has 0 radical (unpaired) electrons. The van der Waals surface area contributed by atoms with Gasteiger partial charge in [-0.05, 0) is 36.6 Å². The first-order valence-corrected chi connectivity index (χ1v) is 13.5. The first kappa shape index (κ1) is 22.5. The molecule has 0 aliphatic carbocycles. The van der Waals surface area contributed by atoms with Crippen molar-refractivity contribution in [1.82, 2.24) is 14.5 Å². The average molecular weight is 498 g/mol. The molecule has 5 rings (SSSR count). The van der Waals surface area contributed by atoms with E-state index in [4.69, 9.17) is 4.42 Å². The van der Waals surface area contributed by atoms with Crippen LogP contribution < -0.4 is 5.56 Å². The van der Waals surface area contributed by atoms with Crippen molar-refractivity contribution in [1.29, 1.82) is 0 Å². The summed E-state index contributed by atoms with van der Waals surface area (Å²) in [5.74, 6) is 0.164. The van der Waals surface area contributed by atoms with E-state index >= 15 is 0 Å². The number of amides is 1. The molecular weight excluding hydrogens is 474 g/mol. The van der Waals surface area contributed by atoms with Gasteiger partial charge in [0.05, 0.1) is 36.0 Å². The van der Waals surface area contributed by atoms with Gasteiger partial charge in [0.2, 0.25) is 5.91 Å². The minimum atomic E-state index is -3.20. The standard InChI is InChI=1S/C24H23N3O5S2/c1-16-21-23(33-22(16)17-6-3-2-4-7-17)25-15-26(24(21)29)13-20(28)27(12-19-8-5-10-32-19)18-9-11-34(30,31)14-18/h2-8,10,15,18H,9,11-14H2,1H3/t18-/m0/s1. The molecule has 0 saturated carbocycles. The SMILES string of the molecule is Cc1c(-c2ccccc2)sc2ncn(CC(=O)N(Cc3ccco3)[C@H]3CCS(=O)(=O)C3)c(=O)c12. The molecule has 34 heavy (non-hydrogen) atoms. The maximum Gasteiger partial charge on any atom is 0.262 e. The second-order valence-corrected chi connectivity index (χ2v) is 11.7. The van der Waals surface area contributed by atoms with E-state index in [0.717, 1.165) is 16.0 Å². The number of aromatic nitrogens is 2. The number of aryl methyl sites for hydroxylation is 1. The molecule has 0 N–H and O–H groups in total. The van der Waals surface area contributed by atoms with E-state index < -0.39 is 15.9 Å². The Kier molecular flexibility index (Phi) is 5.86. The van der Waals surface area contributed by atoms with Crippen LogP contribution in [0, 0.1) is 6.92 Å². The fourth-order valence-corrected chi connectivity index (χ4v) is 7.26. The van der Waals surface area contributed by atoms with E-state index in [1.165, 1.54) is 33.4 Å². The summed E-state index contributed by atoms with van der Waals surface area (Å²) < 4.78 is 30.8. The number of nitrogens with zero attached hydrogens (tertiary/aromatic N) is 3. The second kappa shape index (κ2) is 8.84. The number of benzene rings is 1. The number of furan rings is 1. The number of carbonyl (C=O) groups excluding carboxylic acids is 1. The number of thiophene rings is 1. The molecule has 4 heterocycles. The van der Waals surface area contributed by atoms with Gasteiger partial charge in [0, 0.05) is 10.9 Å². The molecule has 176 valence electrons. The fraction of sp³-hybridized carbons (Fsp3) is 0.292. The largest absolute Gasteiger partial charge is 0.467 e. The normalized spacial score (nSPS) is 17.3. The third-order valence-corrected chi connectivity index (χ3v) is 9.13. The number of sulfone groups is 1. The number of fused-ring (bicyclic) bond motifs is 1. The van der Waals surface area contributed by atoms with Gasteiger partial charge in [0.25, 0.3) is 5.56 Å². The highest BCUT2D eigenvalue weighted by Crippen LogP contribution is 2.35. The fourth-order valence-electron chi connectivity index (χ4n) is 4.39. The molecule has 1 aliphatic heterocycles. The zero-order valence-corrected chi connectivity index (χ0v) is 20.1. The summed E-state index contributed by atoms with van der Waals surface area (Å²) in [6.45, 7) is 1.81. The maximum absolute atomic E-state index is 13.3. The smallest absolute Gasteiger partial charge is 0.262 e. The Bertz CT molecular complexity index is 1510. The van der Waals surface area contributed by atoms with Crippen LogP contribution >= 0.6 is 11.3 Å². The van der Waals surface area contributed by atoms with Crippen molar-refractivity contribution in [3.8, 4) is 10.4 Å². The van der Waals surface area contributed by atoms with E-state index in [1.54, 1.807) is 12.1 Å². The molecule has 4 aromatic rings. The molecule has 1 aromatic carbocycles. The van der Waals surface area contributed by atoms with Gasteiger partial charge >= 0.3 is 0 Å². The molecule has 1 fully saturated rings. The predicted molar refractivity (Wildman–Crippen MR) is 130 cm³/mol. The van der Waals surface area contributed by atoms with E-state index in [0.29, 0.717) is 22.4 Å². The first-order valence-electron chi connectivity index (χ1n) is 10.9. The highest BCUT2D eigenvalue weighted by atomic mass is 32.2. The van der Waals surface area contributed by atoms with E-state index in [-0.39, 0.29) is 36.1 Å². The predicted octanol–water partition coefficient (Wildman–Crippen LogP) is 3.24. The van der Waals surface area contributed by atoms with Crippen LogP contribution in [0.25, 0.3) is 20.7 Å². The van der Waals surface area contributed by atoms with Crippen molar-refractivity contribution < 1.29 is 17.6 Å². The van der Waals surface area contributed by atoms with Gasteiger partial charge in [-0.3, -0.25) is 14.2 Å². The van der Waals surface area contributed by atoms with E-state index in [2.05, 4.69) is 4.98 Å². The highest BCUT2D eigenvalue weighted by molar-refractivity contribution is 7.91. The first-order chi connectivity index (χ1) is 16.3. The van der Waals surface area contributed by atoms with Gasteiger partial charge in [-0.25, -0.2) is 13.4 Å². The lowest BCUT2D eigenvalue weighted by Gasteiger charge is -2.27. The Morgan fingerprint density at radius 2 is 2.03 bits per heavy atom. The van der Waals surface area contributed by atoms with Gasteiger partial charge < -0.3 is 9.32 Å². The summed E-state index contributed by atoms with van der Waals surface area (Å²) in [4.78, 5) is 34.2. The number of hydrogen-bond acceptors (Lipinski definition) is 7. The molecule has 1 saturated heterocycles. The van der Waals surface area contributed by atoms with Crippen molar-refractivity contribution in [2.75, 3.05) is 11.5 Å². The van der Waals surface area contributed by atoms with Crippen LogP contribution in [0.5, 0.6) is 0 Å². The van der Waals surface area contributed by atoms with Crippen LogP contribution in [-0.4, -0.2) is 46.3 Å². The zero-order valence-electron chi connectivity index (χ0n) is 18.5. The molecule has 0 bridgehead atoms. The molecule has 3 aromatic heterocycles. The average Bonchev–Trinajstić information content (AvgIpc) is 3.54. The van der Waals surface area contributed by atoms with E-state index in [9.17, 15) is 18.0 Å². The summed E-state index contributed by atoms with van der Waals surface area (Å²) >= 11 is 1.45. The van der Waals surface area contributed by atoms with Crippen molar-refractivity contribution >= 4 is 37.3 Å².